The first-order valence-electron chi connectivity index (χ1n) is 11.8. The fourth-order valence-corrected chi connectivity index (χ4v) is 4.72. The minimum absolute atomic E-state index is 0.0834. The lowest BCUT2D eigenvalue weighted by Gasteiger charge is -2.41. The van der Waals surface area contributed by atoms with Crippen molar-refractivity contribution in [3.05, 3.63) is 46.1 Å². The van der Waals surface area contributed by atoms with Gasteiger partial charge in [0.05, 0.1) is 37.7 Å². The van der Waals surface area contributed by atoms with Gasteiger partial charge in [-0.25, -0.2) is 0 Å². The zero-order valence-electron chi connectivity index (χ0n) is 20.1. The van der Waals surface area contributed by atoms with Crippen LogP contribution in [-0.4, -0.2) is 105 Å². The SMILES string of the molecule is COc1cc2c(=O)c3cc(C4O[C@H](CO[C@H]5OC[C@](O)(CO)[C@H]5O)[C@@H](O)[C@H](O)[C@H]4O)ccc3oc2cc1O. The highest BCUT2D eigenvalue weighted by molar-refractivity contribution is 5.91. The van der Waals surface area contributed by atoms with E-state index in [2.05, 4.69) is 0 Å². The van der Waals surface area contributed by atoms with E-state index in [4.69, 9.17) is 23.4 Å². The van der Waals surface area contributed by atoms with Crippen molar-refractivity contribution in [3.63, 3.8) is 0 Å². The van der Waals surface area contributed by atoms with Gasteiger partial charge >= 0.3 is 0 Å². The van der Waals surface area contributed by atoms with E-state index >= 15 is 0 Å². The first-order chi connectivity index (χ1) is 18.1. The van der Waals surface area contributed by atoms with Crippen molar-refractivity contribution in [2.45, 2.75) is 48.5 Å². The number of fused-ring (bicyclic) bond motifs is 2. The van der Waals surface area contributed by atoms with Crippen LogP contribution in [0.5, 0.6) is 11.5 Å². The molecule has 2 saturated heterocycles. The Bertz CT molecular complexity index is 1390. The van der Waals surface area contributed by atoms with Gasteiger partial charge in [0.1, 0.15) is 53.4 Å². The Morgan fingerprint density at radius 3 is 2.45 bits per heavy atom. The van der Waals surface area contributed by atoms with Crippen LogP contribution in [0.15, 0.2) is 39.5 Å². The number of aliphatic hydroxyl groups excluding tert-OH is 5. The summed E-state index contributed by atoms with van der Waals surface area (Å²) >= 11 is 0. The van der Waals surface area contributed by atoms with E-state index in [0.717, 1.165) is 0 Å². The summed E-state index contributed by atoms with van der Waals surface area (Å²) in [5.41, 5.74) is -1.71. The van der Waals surface area contributed by atoms with Crippen molar-refractivity contribution in [3.8, 4) is 11.5 Å². The Balaban J connectivity index is 1.42. The number of phenolic OH excluding ortho intramolecular Hbond substituents is 1. The van der Waals surface area contributed by atoms with E-state index in [-0.39, 0.29) is 40.0 Å². The summed E-state index contributed by atoms with van der Waals surface area (Å²) < 4.78 is 27.3. The molecule has 0 amide bonds. The van der Waals surface area contributed by atoms with Gasteiger partial charge in [-0.2, -0.15) is 0 Å². The average Bonchev–Trinajstić information content (AvgIpc) is 3.20. The molecule has 206 valence electrons. The minimum Gasteiger partial charge on any atom is -0.504 e. The fourth-order valence-electron chi connectivity index (χ4n) is 4.72. The highest BCUT2D eigenvalue weighted by atomic mass is 16.7. The van der Waals surface area contributed by atoms with Gasteiger partial charge in [-0.1, -0.05) is 6.07 Å². The van der Waals surface area contributed by atoms with Crippen LogP contribution in [0.1, 0.15) is 11.7 Å². The van der Waals surface area contributed by atoms with E-state index in [9.17, 15) is 40.5 Å². The Hall–Kier alpha value is -2.85. The van der Waals surface area contributed by atoms with Crippen LogP contribution < -0.4 is 10.2 Å². The predicted molar refractivity (Wildman–Crippen MR) is 128 cm³/mol. The Morgan fingerprint density at radius 1 is 1.03 bits per heavy atom. The highest BCUT2D eigenvalue weighted by Gasteiger charge is 2.50. The third kappa shape index (κ3) is 4.41. The average molecular weight is 536 g/mol. The Morgan fingerprint density at radius 2 is 1.76 bits per heavy atom. The van der Waals surface area contributed by atoms with Gasteiger partial charge in [0, 0.05) is 6.07 Å². The molecule has 0 bridgehead atoms. The van der Waals surface area contributed by atoms with Crippen molar-refractivity contribution in [1.29, 1.82) is 0 Å². The number of phenols is 1. The maximum atomic E-state index is 13.2. The molecule has 13 heteroatoms. The van der Waals surface area contributed by atoms with Crippen LogP contribution in [0.4, 0.5) is 0 Å². The molecule has 0 saturated carbocycles. The summed E-state index contributed by atoms with van der Waals surface area (Å²) in [7, 11) is 1.34. The van der Waals surface area contributed by atoms with Gasteiger partial charge in [-0.15, -0.1) is 0 Å². The number of hydrogen-bond acceptors (Lipinski definition) is 13. The van der Waals surface area contributed by atoms with Gasteiger partial charge in [0.15, 0.2) is 17.8 Å². The third-order valence-corrected chi connectivity index (χ3v) is 7.04. The summed E-state index contributed by atoms with van der Waals surface area (Å²) in [6, 6.07) is 7.04. The van der Waals surface area contributed by atoms with Crippen molar-refractivity contribution < 1.29 is 59.1 Å². The second kappa shape index (κ2) is 10.0. The number of benzene rings is 2. The molecule has 0 radical (unpaired) electrons. The second-order valence-electron chi connectivity index (χ2n) is 9.49. The van der Waals surface area contributed by atoms with Gasteiger partial charge in [0.2, 0.25) is 5.43 Å². The van der Waals surface area contributed by atoms with Crippen LogP contribution in [0.3, 0.4) is 0 Å². The molecule has 5 rings (SSSR count). The molecule has 0 aliphatic carbocycles. The molecule has 2 aliphatic heterocycles. The molecular weight excluding hydrogens is 508 g/mol. The summed E-state index contributed by atoms with van der Waals surface area (Å²) in [5.74, 6) is -0.115. The second-order valence-corrected chi connectivity index (χ2v) is 9.49. The standard InChI is InChI=1S/C25H28O13/c1-34-16-5-12-15(6-13(16)27)37-14-3-2-10(4-11(14)18(12)28)22-21(31)20(30)19(29)17(38-22)7-35-24-23(32)25(33,8-26)9-36-24/h2-6,17,19-24,26-27,29-33H,7-9H2,1H3/t17-,19-,20+,21-,22?,23+,24+,25-/m1/s1. The molecule has 7 N–H and O–H groups in total. The van der Waals surface area contributed by atoms with Crippen LogP contribution in [0, 0.1) is 0 Å². The largest absolute Gasteiger partial charge is 0.504 e. The zero-order valence-corrected chi connectivity index (χ0v) is 20.1. The third-order valence-electron chi connectivity index (χ3n) is 7.04. The smallest absolute Gasteiger partial charge is 0.200 e. The van der Waals surface area contributed by atoms with E-state index < -0.39 is 67.2 Å². The molecule has 0 spiro atoms. The van der Waals surface area contributed by atoms with E-state index in [0.29, 0.717) is 5.56 Å². The Kier molecular flexibility index (Phi) is 7.06. The molecule has 2 aromatic carbocycles. The van der Waals surface area contributed by atoms with Gasteiger partial charge in [-0.3, -0.25) is 4.79 Å². The lowest BCUT2D eigenvalue weighted by atomic mass is 9.90. The lowest BCUT2D eigenvalue weighted by Crippen LogP contribution is -2.56. The summed E-state index contributed by atoms with van der Waals surface area (Å²) in [5, 5.41) is 71.5. The predicted octanol–water partition coefficient (Wildman–Crippen LogP) is -1.36. The molecule has 38 heavy (non-hydrogen) atoms. The molecule has 1 aromatic heterocycles. The molecule has 1 unspecified atom stereocenters. The summed E-state index contributed by atoms with van der Waals surface area (Å²) in [4.78, 5) is 13.2. The monoisotopic (exact) mass is 536 g/mol. The molecule has 3 heterocycles. The number of methoxy groups -OCH3 is 1. The molecule has 2 fully saturated rings. The zero-order chi connectivity index (χ0) is 27.4. The van der Waals surface area contributed by atoms with Crippen LogP contribution in [0.2, 0.25) is 0 Å². The number of rotatable bonds is 6. The molecule has 13 nitrogen and oxygen atoms in total. The van der Waals surface area contributed by atoms with Gasteiger partial charge < -0.3 is 59.1 Å². The maximum Gasteiger partial charge on any atom is 0.200 e. The van der Waals surface area contributed by atoms with Crippen LogP contribution >= 0.6 is 0 Å². The van der Waals surface area contributed by atoms with Gasteiger partial charge in [-0.05, 0) is 23.8 Å². The van der Waals surface area contributed by atoms with E-state index in [1.165, 1.54) is 37.4 Å². The quantitative estimate of drug-likeness (QED) is 0.182. The number of ether oxygens (including phenoxy) is 4. The van der Waals surface area contributed by atoms with Gasteiger partial charge in [0.25, 0.3) is 0 Å². The van der Waals surface area contributed by atoms with Crippen LogP contribution in [0.25, 0.3) is 21.9 Å². The van der Waals surface area contributed by atoms with Crippen molar-refractivity contribution >= 4 is 21.9 Å². The van der Waals surface area contributed by atoms with Crippen molar-refractivity contribution in [2.75, 3.05) is 26.9 Å². The van der Waals surface area contributed by atoms with E-state index in [1.807, 2.05) is 0 Å². The number of hydrogen-bond donors (Lipinski definition) is 7. The summed E-state index contributed by atoms with van der Waals surface area (Å²) in [6.07, 6.45) is -10.1. The first kappa shape index (κ1) is 26.7. The molecule has 8 atom stereocenters. The fraction of sp³-hybridized carbons (Fsp3) is 0.480. The summed E-state index contributed by atoms with van der Waals surface area (Å²) in [6.45, 7) is -1.55. The van der Waals surface area contributed by atoms with Crippen molar-refractivity contribution in [1.82, 2.24) is 0 Å². The Labute approximate surface area is 214 Å². The highest BCUT2D eigenvalue weighted by Crippen LogP contribution is 2.36. The molecular formula is C25H28O13. The molecule has 2 aliphatic rings. The lowest BCUT2D eigenvalue weighted by molar-refractivity contribution is -0.252. The minimum atomic E-state index is -1.91. The van der Waals surface area contributed by atoms with E-state index in [1.54, 1.807) is 0 Å². The van der Waals surface area contributed by atoms with Crippen LogP contribution in [-0.2, 0) is 14.2 Å². The van der Waals surface area contributed by atoms with Crippen molar-refractivity contribution in [2.24, 2.45) is 0 Å². The molecule has 3 aromatic rings. The maximum absolute atomic E-state index is 13.2. The topological polar surface area (TPSA) is 209 Å². The number of aromatic hydroxyl groups is 1. The normalized spacial score (nSPS) is 33.7. The number of aliphatic hydroxyl groups is 6. The first-order valence-corrected chi connectivity index (χ1v) is 11.8.